The lowest BCUT2D eigenvalue weighted by Gasteiger charge is -2.31. The van der Waals surface area contributed by atoms with Crippen molar-refractivity contribution < 1.29 is 18.0 Å². The van der Waals surface area contributed by atoms with Crippen LogP contribution in [-0.4, -0.2) is 50.8 Å². The zero-order valence-corrected chi connectivity index (χ0v) is 20.2. The normalized spacial score (nSPS) is 14.9. The first-order valence-electron chi connectivity index (χ1n) is 11.6. The van der Waals surface area contributed by atoms with Crippen LogP contribution in [0.25, 0.3) is 0 Å². The van der Waals surface area contributed by atoms with Gasteiger partial charge in [-0.05, 0) is 54.8 Å². The Labute approximate surface area is 206 Å². The number of piperidine rings is 1. The van der Waals surface area contributed by atoms with Crippen LogP contribution in [0.4, 0.5) is 5.69 Å². The maximum absolute atomic E-state index is 12.7. The van der Waals surface area contributed by atoms with Crippen molar-refractivity contribution in [3.05, 3.63) is 96.1 Å². The molecule has 35 heavy (non-hydrogen) atoms. The van der Waals surface area contributed by atoms with Gasteiger partial charge in [-0.1, -0.05) is 48.5 Å². The van der Waals surface area contributed by atoms with Crippen molar-refractivity contribution in [2.75, 3.05) is 25.0 Å². The summed E-state index contributed by atoms with van der Waals surface area (Å²) in [5, 5.41) is 5.95. The molecule has 4 rings (SSSR count). The van der Waals surface area contributed by atoms with E-state index in [2.05, 4.69) is 15.5 Å². The Morgan fingerprint density at radius 3 is 2.06 bits per heavy atom. The van der Waals surface area contributed by atoms with E-state index in [1.807, 2.05) is 30.3 Å². The highest BCUT2D eigenvalue weighted by Crippen LogP contribution is 2.17. The second-order valence-electron chi connectivity index (χ2n) is 8.71. The van der Waals surface area contributed by atoms with Crippen LogP contribution in [0.5, 0.6) is 0 Å². The number of amides is 2. The van der Waals surface area contributed by atoms with Crippen molar-refractivity contribution in [3.63, 3.8) is 0 Å². The molecule has 1 fully saturated rings. The van der Waals surface area contributed by atoms with Gasteiger partial charge in [-0.15, -0.1) is 0 Å². The molecule has 182 valence electrons. The van der Waals surface area contributed by atoms with Crippen LogP contribution in [0, 0.1) is 0 Å². The topological polar surface area (TPSA) is 95.6 Å². The van der Waals surface area contributed by atoms with E-state index in [0.717, 1.165) is 31.6 Å². The highest BCUT2D eigenvalue weighted by molar-refractivity contribution is 7.90. The number of likely N-dealkylation sites (tertiary alicyclic amines) is 1. The zero-order valence-electron chi connectivity index (χ0n) is 19.4. The van der Waals surface area contributed by atoms with Gasteiger partial charge in [-0.3, -0.25) is 14.5 Å². The number of hydrogen-bond donors (Lipinski definition) is 2. The molecule has 0 saturated carbocycles. The molecule has 1 aliphatic rings. The first-order valence-corrected chi connectivity index (χ1v) is 13.3. The number of nitrogens with one attached hydrogen (secondary N) is 2. The van der Waals surface area contributed by atoms with Crippen LogP contribution in [0.2, 0.25) is 0 Å². The number of nitrogens with zero attached hydrogens (tertiary/aromatic N) is 1. The third kappa shape index (κ3) is 7.00. The fourth-order valence-corrected chi connectivity index (χ4v) is 5.48. The lowest BCUT2D eigenvalue weighted by molar-refractivity contribution is -0.117. The third-order valence-electron chi connectivity index (χ3n) is 6.02. The number of carbonyl (C=O) groups is 2. The largest absolute Gasteiger partial charge is 0.349 e. The van der Waals surface area contributed by atoms with Gasteiger partial charge in [0, 0.05) is 30.4 Å². The van der Waals surface area contributed by atoms with E-state index in [1.54, 1.807) is 54.6 Å². The van der Waals surface area contributed by atoms with Gasteiger partial charge in [0.05, 0.1) is 17.2 Å². The molecule has 1 aliphatic heterocycles. The first-order chi connectivity index (χ1) is 16.9. The Morgan fingerprint density at radius 1 is 0.829 bits per heavy atom. The van der Waals surface area contributed by atoms with E-state index in [0.29, 0.717) is 17.7 Å². The third-order valence-corrected chi connectivity index (χ3v) is 7.73. The van der Waals surface area contributed by atoms with Crippen molar-refractivity contribution >= 4 is 27.3 Å². The summed E-state index contributed by atoms with van der Waals surface area (Å²) in [5.41, 5.74) is 1.91. The second kappa shape index (κ2) is 11.3. The van der Waals surface area contributed by atoms with Crippen LogP contribution in [0.1, 0.15) is 28.8 Å². The summed E-state index contributed by atoms with van der Waals surface area (Å²) in [6.07, 6.45) is 1.52. The second-order valence-corrected chi connectivity index (χ2v) is 10.7. The molecule has 3 aromatic carbocycles. The fourth-order valence-electron chi connectivity index (χ4n) is 4.11. The Bertz CT molecular complexity index is 1240. The maximum atomic E-state index is 12.7. The van der Waals surface area contributed by atoms with Gasteiger partial charge in [-0.2, -0.15) is 0 Å². The smallest absolute Gasteiger partial charge is 0.251 e. The highest BCUT2D eigenvalue weighted by Gasteiger charge is 2.23. The minimum atomic E-state index is -3.43. The van der Waals surface area contributed by atoms with Crippen molar-refractivity contribution in [3.8, 4) is 0 Å². The molecule has 0 aliphatic carbocycles. The van der Waals surface area contributed by atoms with Gasteiger partial charge in [0.25, 0.3) is 5.91 Å². The minimum Gasteiger partial charge on any atom is -0.349 e. The Hall–Kier alpha value is -3.49. The van der Waals surface area contributed by atoms with E-state index in [-0.39, 0.29) is 28.5 Å². The predicted molar refractivity (Wildman–Crippen MR) is 136 cm³/mol. The molecular weight excluding hydrogens is 462 g/mol. The summed E-state index contributed by atoms with van der Waals surface area (Å²) in [4.78, 5) is 27.3. The summed E-state index contributed by atoms with van der Waals surface area (Å²) >= 11 is 0. The monoisotopic (exact) mass is 491 g/mol. The molecule has 7 nitrogen and oxygen atoms in total. The minimum absolute atomic E-state index is 0.0362. The molecule has 0 unspecified atom stereocenters. The van der Waals surface area contributed by atoms with Gasteiger partial charge < -0.3 is 10.6 Å². The molecule has 0 aromatic heterocycles. The van der Waals surface area contributed by atoms with Gasteiger partial charge >= 0.3 is 0 Å². The van der Waals surface area contributed by atoms with Crippen molar-refractivity contribution in [2.45, 2.75) is 29.5 Å². The molecular formula is C27H29N3O4S. The van der Waals surface area contributed by atoms with Gasteiger partial charge in [0.1, 0.15) is 0 Å². The first kappa shape index (κ1) is 24.6. The number of hydrogen-bond acceptors (Lipinski definition) is 5. The molecule has 0 radical (unpaired) electrons. The average Bonchev–Trinajstić information content (AvgIpc) is 2.86. The van der Waals surface area contributed by atoms with Crippen LogP contribution in [0.3, 0.4) is 0 Å². The number of carbonyl (C=O) groups excluding carboxylic acids is 2. The molecule has 0 spiro atoms. The zero-order chi connectivity index (χ0) is 24.7. The van der Waals surface area contributed by atoms with E-state index >= 15 is 0 Å². The van der Waals surface area contributed by atoms with Gasteiger partial charge in [0.2, 0.25) is 5.91 Å². The summed E-state index contributed by atoms with van der Waals surface area (Å²) < 4.78 is 25.1. The number of anilines is 1. The molecule has 0 bridgehead atoms. The van der Waals surface area contributed by atoms with Crippen LogP contribution < -0.4 is 10.6 Å². The fraction of sp³-hybridized carbons (Fsp3) is 0.259. The van der Waals surface area contributed by atoms with Crippen molar-refractivity contribution in [2.24, 2.45) is 0 Å². The van der Waals surface area contributed by atoms with Crippen LogP contribution in [0.15, 0.2) is 89.8 Å². The lowest BCUT2D eigenvalue weighted by atomic mass is 10.0. The molecule has 2 amide bonds. The summed E-state index contributed by atoms with van der Waals surface area (Å²) in [5.74, 6) is -0.342. The number of benzene rings is 3. The summed E-state index contributed by atoms with van der Waals surface area (Å²) in [7, 11) is -3.43. The Balaban J connectivity index is 1.23. The van der Waals surface area contributed by atoms with E-state index in [4.69, 9.17) is 0 Å². The number of para-hydroxylation sites is 1. The molecule has 8 heteroatoms. The summed E-state index contributed by atoms with van der Waals surface area (Å²) in [6, 6.07) is 24.4. The molecule has 2 N–H and O–H groups in total. The van der Waals surface area contributed by atoms with Crippen LogP contribution in [-0.2, 0) is 20.4 Å². The maximum Gasteiger partial charge on any atom is 0.251 e. The van der Waals surface area contributed by atoms with Gasteiger partial charge in [-0.25, -0.2) is 8.42 Å². The number of sulfone groups is 1. The van der Waals surface area contributed by atoms with E-state index in [1.165, 1.54) is 0 Å². The Kier molecular flexibility index (Phi) is 7.94. The molecule has 3 aromatic rings. The SMILES string of the molecule is O=C(CN1CCC(NC(=O)c2ccc(CS(=O)(=O)c3ccccc3)cc2)CC1)Nc1ccccc1. The quantitative estimate of drug-likeness (QED) is 0.503. The van der Waals surface area contributed by atoms with E-state index < -0.39 is 9.84 Å². The highest BCUT2D eigenvalue weighted by atomic mass is 32.2. The van der Waals surface area contributed by atoms with E-state index in [9.17, 15) is 18.0 Å². The molecule has 1 heterocycles. The lowest BCUT2D eigenvalue weighted by Crippen LogP contribution is -2.46. The predicted octanol–water partition coefficient (Wildman–Crippen LogP) is 3.49. The molecule has 0 atom stereocenters. The van der Waals surface area contributed by atoms with Crippen LogP contribution >= 0.6 is 0 Å². The number of rotatable bonds is 8. The standard InChI is InChI=1S/C27H29N3O4S/c31-26(28-23-7-3-1-4-8-23)19-30-17-15-24(16-18-30)29-27(32)22-13-11-21(12-14-22)20-35(33,34)25-9-5-2-6-10-25/h1-14,24H,15-20H2,(H,28,31)(H,29,32). The van der Waals surface area contributed by atoms with Crippen molar-refractivity contribution in [1.82, 2.24) is 10.2 Å². The van der Waals surface area contributed by atoms with Gasteiger partial charge in [0.15, 0.2) is 9.84 Å². The Morgan fingerprint density at radius 2 is 1.43 bits per heavy atom. The molecule has 1 saturated heterocycles. The average molecular weight is 492 g/mol. The van der Waals surface area contributed by atoms with Crippen molar-refractivity contribution in [1.29, 1.82) is 0 Å². The summed E-state index contributed by atoms with van der Waals surface area (Å²) in [6.45, 7) is 1.77.